The Morgan fingerprint density at radius 1 is 1.11 bits per heavy atom. The van der Waals surface area contributed by atoms with E-state index in [2.05, 4.69) is 18.8 Å². The number of rotatable bonds is 6. The average molecular weight is 507 g/mol. The second-order valence-corrected chi connectivity index (χ2v) is 9.60. The lowest BCUT2D eigenvalue weighted by Gasteiger charge is -2.23. The molecule has 0 unspecified atom stereocenters. The molecule has 0 bridgehead atoms. The van der Waals surface area contributed by atoms with Crippen LogP contribution in [0, 0.1) is 6.92 Å². The summed E-state index contributed by atoms with van der Waals surface area (Å²) in [6.07, 6.45) is 0. The number of benzene rings is 2. The third-order valence-electron chi connectivity index (χ3n) is 6.07. The van der Waals surface area contributed by atoms with Crippen molar-refractivity contribution in [2.45, 2.75) is 32.7 Å². The van der Waals surface area contributed by atoms with Crippen LogP contribution in [-0.2, 0) is 14.3 Å². The molecule has 2 aromatic carbocycles. The number of nitrogens with zero attached hydrogens (tertiary/aromatic N) is 2. The van der Waals surface area contributed by atoms with Crippen LogP contribution in [0.3, 0.4) is 0 Å². The van der Waals surface area contributed by atoms with Gasteiger partial charge in [-0.1, -0.05) is 61.6 Å². The number of thiazole rings is 1. The van der Waals surface area contributed by atoms with Gasteiger partial charge in [-0.05, 0) is 36.1 Å². The van der Waals surface area contributed by atoms with E-state index in [1.54, 1.807) is 31.2 Å². The number of carbonyl (C=O) groups excluding carboxylic acids is 3. The number of ether oxygens (including phenoxy) is 2. The molecule has 0 aliphatic carbocycles. The van der Waals surface area contributed by atoms with Gasteiger partial charge in [0.15, 0.2) is 5.13 Å². The fraction of sp³-hybridized carbons (Fsp3) is 0.259. The van der Waals surface area contributed by atoms with Gasteiger partial charge in [0.25, 0.3) is 5.78 Å². The first kappa shape index (κ1) is 25.1. The smallest absolute Gasteiger partial charge is 0.350 e. The Labute approximate surface area is 212 Å². The Hall–Kier alpha value is -3.98. The third-order valence-corrected chi connectivity index (χ3v) is 7.21. The number of hydrogen-bond donors (Lipinski definition) is 1. The number of esters is 1. The number of amides is 1. The van der Waals surface area contributed by atoms with Crippen molar-refractivity contribution in [2.75, 3.05) is 19.1 Å². The lowest BCUT2D eigenvalue weighted by atomic mass is 9.93. The van der Waals surface area contributed by atoms with Crippen LogP contribution in [0.2, 0.25) is 0 Å². The molecular weight excluding hydrogens is 480 g/mol. The summed E-state index contributed by atoms with van der Waals surface area (Å²) in [4.78, 5) is 44.8. The molecule has 1 N–H and O–H groups in total. The van der Waals surface area contributed by atoms with Gasteiger partial charge in [0.1, 0.15) is 16.4 Å². The summed E-state index contributed by atoms with van der Waals surface area (Å²) in [5.41, 5.74) is 2.35. The molecular formula is C27H26N2O6S. The van der Waals surface area contributed by atoms with Crippen LogP contribution in [0.15, 0.2) is 54.1 Å². The fourth-order valence-electron chi connectivity index (χ4n) is 4.10. The maximum Gasteiger partial charge on any atom is 0.350 e. The minimum atomic E-state index is -0.950. The molecule has 8 nitrogen and oxygen atoms in total. The molecule has 1 fully saturated rings. The van der Waals surface area contributed by atoms with Crippen molar-refractivity contribution in [2.24, 2.45) is 0 Å². The average Bonchev–Trinajstić information content (AvgIpc) is 3.39. The van der Waals surface area contributed by atoms with Gasteiger partial charge >= 0.3 is 11.9 Å². The first-order valence-electron chi connectivity index (χ1n) is 11.3. The third kappa shape index (κ3) is 4.37. The zero-order valence-corrected chi connectivity index (χ0v) is 21.4. The molecule has 0 radical (unpaired) electrons. The molecule has 4 rings (SSSR count). The Kier molecular flexibility index (Phi) is 6.94. The van der Waals surface area contributed by atoms with E-state index in [-0.39, 0.29) is 27.3 Å². The minimum Gasteiger partial charge on any atom is -0.507 e. The van der Waals surface area contributed by atoms with E-state index in [4.69, 9.17) is 9.47 Å². The number of carbonyl (C=O) groups is 3. The van der Waals surface area contributed by atoms with E-state index in [9.17, 15) is 19.5 Å². The largest absolute Gasteiger partial charge is 0.507 e. The van der Waals surface area contributed by atoms with Gasteiger partial charge in [0.05, 0.1) is 31.5 Å². The Bertz CT molecular complexity index is 1370. The van der Waals surface area contributed by atoms with Crippen molar-refractivity contribution < 1.29 is 29.0 Å². The van der Waals surface area contributed by atoms with Gasteiger partial charge in [-0.3, -0.25) is 14.5 Å². The quantitative estimate of drug-likeness (QED) is 0.217. The van der Waals surface area contributed by atoms with Crippen LogP contribution in [0.1, 0.15) is 57.9 Å². The maximum atomic E-state index is 13.4. The zero-order chi connectivity index (χ0) is 26.1. The number of methoxy groups -OCH3 is 2. The first-order chi connectivity index (χ1) is 17.2. The van der Waals surface area contributed by atoms with Gasteiger partial charge in [-0.15, -0.1) is 0 Å². The SMILES string of the molecule is COC(=O)c1sc(N2C(=O)C(=O)/C(=C(/O)c3cccc(OC)c3)[C@@H]2c2ccc(C(C)C)cc2)nc1C. The number of anilines is 1. The van der Waals surface area contributed by atoms with Crippen LogP contribution in [0.25, 0.3) is 5.76 Å². The van der Waals surface area contributed by atoms with Crippen LogP contribution >= 0.6 is 11.3 Å². The number of aliphatic hydroxyl groups excluding tert-OH is 1. The maximum absolute atomic E-state index is 13.4. The first-order valence-corrected chi connectivity index (χ1v) is 12.1. The highest BCUT2D eigenvalue weighted by Crippen LogP contribution is 2.44. The molecule has 1 atom stereocenters. The second-order valence-electron chi connectivity index (χ2n) is 8.62. The van der Waals surface area contributed by atoms with E-state index >= 15 is 0 Å². The lowest BCUT2D eigenvalue weighted by molar-refractivity contribution is -0.132. The van der Waals surface area contributed by atoms with Gasteiger partial charge in [-0.2, -0.15) is 0 Å². The zero-order valence-electron chi connectivity index (χ0n) is 20.6. The highest BCUT2D eigenvalue weighted by atomic mass is 32.1. The van der Waals surface area contributed by atoms with Crippen molar-refractivity contribution in [1.29, 1.82) is 0 Å². The molecule has 186 valence electrons. The Morgan fingerprint density at radius 2 is 1.81 bits per heavy atom. The number of aryl methyl sites for hydroxylation is 1. The Morgan fingerprint density at radius 3 is 2.42 bits per heavy atom. The molecule has 3 aromatic rings. The monoisotopic (exact) mass is 506 g/mol. The topological polar surface area (TPSA) is 106 Å². The van der Waals surface area contributed by atoms with Gasteiger partial charge in [0, 0.05) is 5.56 Å². The number of hydrogen-bond acceptors (Lipinski definition) is 8. The molecule has 1 saturated heterocycles. The Balaban J connectivity index is 1.93. The fourth-order valence-corrected chi connectivity index (χ4v) is 5.11. The summed E-state index contributed by atoms with van der Waals surface area (Å²) in [6.45, 7) is 5.76. The molecule has 0 saturated carbocycles. The molecule has 1 aliphatic heterocycles. The van der Waals surface area contributed by atoms with E-state index < -0.39 is 23.7 Å². The second kappa shape index (κ2) is 9.94. The summed E-state index contributed by atoms with van der Waals surface area (Å²) in [5, 5.41) is 11.5. The van der Waals surface area contributed by atoms with Crippen molar-refractivity contribution >= 4 is 39.9 Å². The summed E-state index contributed by atoms with van der Waals surface area (Å²) in [5.74, 6) is -1.82. The van der Waals surface area contributed by atoms with E-state index in [1.807, 2.05) is 24.3 Å². The predicted octanol–water partition coefficient (Wildman–Crippen LogP) is 5.00. The van der Waals surface area contributed by atoms with Crippen LogP contribution in [-0.4, -0.2) is 42.0 Å². The molecule has 1 amide bonds. The molecule has 1 aliphatic rings. The lowest BCUT2D eigenvalue weighted by Crippen LogP contribution is -2.29. The molecule has 9 heteroatoms. The standard InChI is InChI=1S/C27H26N2O6S/c1-14(2)16-9-11-17(12-10-16)21-20(22(30)18-7-6-8-19(13-18)34-4)23(31)25(32)29(21)27-28-15(3)24(36-27)26(33)35-5/h6-14,21,30H,1-5H3/b22-20+/t21-/m0/s1. The van der Waals surface area contributed by atoms with Crippen molar-refractivity contribution in [1.82, 2.24) is 4.98 Å². The highest BCUT2D eigenvalue weighted by molar-refractivity contribution is 7.17. The van der Waals surface area contributed by atoms with Crippen LogP contribution in [0.4, 0.5) is 5.13 Å². The number of Topliss-reactive ketones (excluding diaryl/α,β-unsaturated/α-hetero) is 1. The van der Waals surface area contributed by atoms with Gasteiger partial charge in [-0.25, -0.2) is 9.78 Å². The van der Waals surface area contributed by atoms with Crippen LogP contribution < -0.4 is 9.64 Å². The van der Waals surface area contributed by atoms with E-state index in [1.165, 1.54) is 19.1 Å². The summed E-state index contributed by atoms with van der Waals surface area (Å²) >= 11 is 0.960. The summed E-state index contributed by atoms with van der Waals surface area (Å²) in [6, 6.07) is 13.2. The normalized spacial score (nSPS) is 17.1. The number of aromatic nitrogens is 1. The van der Waals surface area contributed by atoms with E-state index in [0.717, 1.165) is 16.9 Å². The number of aliphatic hydroxyl groups is 1. The predicted molar refractivity (Wildman–Crippen MR) is 136 cm³/mol. The molecule has 2 heterocycles. The van der Waals surface area contributed by atoms with Gasteiger partial charge in [0.2, 0.25) is 0 Å². The molecule has 1 aromatic heterocycles. The number of ketones is 1. The summed E-state index contributed by atoms with van der Waals surface area (Å²) in [7, 11) is 2.76. The van der Waals surface area contributed by atoms with E-state index in [0.29, 0.717) is 22.6 Å². The summed E-state index contributed by atoms with van der Waals surface area (Å²) < 4.78 is 10.1. The van der Waals surface area contributed by atoms with Crippen LogP contribution in [0.5, 0.6) is 5.75 Å². The van der Waals surface area contributed by atoms with Crippen molar-refractivity contribution in [3.05, 3.63) is 81.4 Å². The molecule has 0 spiro atoms. The van der Waals surface area contributed by atoms with Crippen molar-refractivity contribution in [3.8, 4) is 5.75 Å². The highest BCUT2D eigenvalue weighted by Gasteiger charge is 2.48. The van der Waals surface area contributed by atoms with Gasteiger partial charge < -0.3 is 14.6 Å². The molecule has 36 heavy (non-hydrogen) atoms. The minimum absolute atomic E-state index is 0.0713. The van der Waals surface area contributed by atoms with Crippen molar-refractivity contribution in [3.63, 3.8) is 0 Å².